The van der Waals surface area contributed by atoms with Crippen LogP contribution in [0.25, 0.3) is 11.0 Å². The molecule has 1 fully saturated rings. The molecule has 3 aromatic rings. The van der Waals surface area contributed by atoms with Crippen molar-refractivity contribution in [2.24, 2.45) is 0 Å². The van der Waals surface area contributed by atoms with Gasteiger partial charge in [0, 0.05) is 18.5 Å². The maximum Gasteiger partial charge on any atom is 0.164 e. The number of hydrogen-bond donors (Lipinski definition) is 1. The van der Waals surface area contributed by atoms with Crippen molar-refractivity contribution in [1.82, 2.24) is 30.1 Å². The molecule has 9 heteroatoms. The summed E-state index contributed by atoms with van der Waals surface area (Å²) in [5.41, 5.74) is 2.01. The summed E-state index contributed by atoms with van der Waals surface area (Å²) < 4.78 is 6.59. The standard InChI is InChI=1S/C17H23N7O2/c1-10-13(22-26-21-10)9-24-15-12(7-18-24)14(23-6-5-11(25)8-23)19-16(20-15)17(2,3)4/h7,11,25H,5-6,8-9H2,1-4H3. The van der Waals surface area contributed by atoms with Crippen LogP contribution in [0, 0.1) is 6.92 Å². The van der Waals surface area contributed by atoms with Gasteiger partial charge in [-0.3, -0.25) is 0 Å². The van der Waals surface area contributed by atoms with E-state index >= 15 is 0 Å². The third-order valence-electron chi connectivity index (χ3n) is 4.66. The molecule has 9 nitrogen and oxygen atoms in total. The molecule has 0 aliphatic carbocycles. The molecule has 0 amide bonds. The van der Waals surface area contributed by atoms with Crippen LogP contribution < -0.4 is 4.90 Å². The van der Waals surface area contributed by atoms with Crippen molar-refractivity contribution in [2.45, 2.75) is 52.2 Å². The van der Waals surface area contributed by atoms with E-state index in [0.29, 0.717) is 13.1 Å². The first-order valence-electron chi connectivity index (χ1n) is 8.78. The number of aromatic nitrogens is 6. The first-order valence-corrected chi connectivity index (χ1v) is 8.78. The van der Waals surface area contributed by atoms with Gasteiger partial charge in [0.25, 0.3) is 0 Å². The molecule has 0 bridgehead atoms. The van der Waals surface area contributed by atoms with Crippen LogP contribution >= 0.6 is 0 Å². The normalized spacial score (nSPS) is 18.2. The van der Waals surface area contributed by atoms with Crippen molar-refractivity contribution in [3.05, 3.63) is 23.4 Å². The van der Waals surface area contributed by atoms with E-state index in [-0.39, 0.29) is 11.5 Å². The lowest BCUT2D eigenvalue weighted by Crippen LogP contribution is -2.25. The van der Waals surface area contributed by atoms with Crippen molar-refractivity contribution in [3.63, 3.8) is 0 Å². The number of aliphatic hydroxyl groups excluding tert-OH is 1. The molecule has 0 spiro atoms. The Morgan fingerprint density at radius 2 is 2.08 bits per heavy atom. The Balaban J connectivity index is 1.84. The van der Waals surface area contributed by atoms with Crippen LogP contribution in [0.15, 0.2) is 10.8 Å². The minimum absolute atomic E-state index is 0.207. The number of nitrogens with zero attached hydrogens (tertiary/aromatic N) is 7. The lowest BCUT2D eigenvalue weighted by molar-refractivity contribution is 0.198. The minimum atomic E-state index is -0.322. The van der Waals surface area contributed by atoms with Gasteiger partial charge in [-0.2, -0.15) is 5.10 Å². The first-order chi connectivity index (χ1) is 12.3. The van der Waals surface area contributed by atoms with Gasteiger partial charge in [0.15, 0.2) is 5.65 Å². The van der Waals surface area contributed by atoms with Gasteiger partial charge in [-0.15, -0.1) is 0 Å². The summed E-state index contributed by atoms with van der Waals surface area (Å²) in [6.07, 6.45) is 2.20. The Morgan fingerprint density at radius 3 is 2.69 bits per heavy atom. The molecule has 26 heavy (non-hydrogen) atoms. The number of hydrogen-bond acceptors (Lipinski definition) is 8. The van der Waals surface area contributed by atoms with Gasteiger partial charge in [0.05, 0.1) is 24.2 Å². The smallest absolute Gasteiger partial charge is 0.164 e. The number of aliphatic hydroxyl groups is 1. The largest absolute Gasteiger partial charge is 0.391 e. The number of fused-ring (bicyclic) bond motifs is 1. The highest BCUT2D eigenvalue weighted by atomic mass is 16.6. The number of rotatable bonds is 3. The van der Waals surface area contributed by atoms with E-state index in [4.69, 9.17) is 14.6 Å². The fraction of sp³-hybridized carbons (Fsp3) is 0.588. The molecule has 1 aliphatic rings. The SMILES string of the molecule is Cc1nonc1Cn1ncc2c(N3CCC(O)C3)nc(C(C)(C)C)nc21. The van der Waals surface area contributed by atoms with E-state index < -0.39 is 0 Å². The molecule has 1 aliphatic heterocycles. The summed E-state index contributed by atoms with van der Waals surface area (Å²) in [6, 6.07) is 0. The van der Waals surface area contributed by atoms with Crippen LogP contribution in [0.4, 0.5) is 5.82 Å². The molecular formula is C17H23N7O2. The van der Waals surface area contributed by atoms with Gasteiger partial charge in [-0.05, 0) is 13.3 Å². The lowest BCUT2D eigenvalue weighted by atomic mass is 9.95. The average Bonchev–Trinajstić information content (AvgIpc) is 3.28. The van der Waals surface area contributed by atoms with E-state index in [1.807, 2.05) is 6.92 Å². The van der Waals surface area contributed by atoms with E-state index in [1.54, 1.807) is 10.9 Å². The molecule has 1 atom stereocenters. The molecule has 4 rings (SSSR count). The molecule has 1 saturated heterocycles. The van der Waals surface area contributed by atoms with Gasteiger partial charge in [-0.25, -0.2) is 19.3 Å². The van der Waals surface area contributed by atoms with Crippen molar-refractivity contribution < 1.29 is 9.74 Å². The second-order valence-corrected chi connectivity index (χ2v) is 7.85. The van der Waals surface area contributed by atoms with E-state index in [2.05, 4.69) is 41.1 Å². The van der Waals surface area contributed by atoms with E-state index in [0.717, 1.165) is 47.0 Å². The first kappa shape index (κ1) is 16.9. The number of β-amino-alcohol motifs (C(OH)–C–C–N with tert-alkyl or cyclic N) is 1. The molecule has 0 saturated carbocycles. The van der Waals surface area contributed by atoms with Gasteiger partial charge in [0.2, 0.25) is 0 Å². The summed E-state index contributed by atoms with van der Waals surface area (Å²) in [5, 5.41) is 23.1. The molecule has 1 unspecified atom stereocenters. The summed E-state index contributed by atoms with van der Waals surface area (Å²) >= 11 is 0. The van der Waals surface area contributed by atoms with Crippen LogP contribution in [0.2, 0.25) is 0 Å². The second-order valence-electron chi connectivity index (χ2n) is 7.85. The van der Waals surface area contributed by atoms with E-state index in [9.17, 15) is 5.11 Å². The summed E-state index contributed by atoms with van der Waals surface area (Å²) in [6.45, 7) is 9.89. The summed E-state index contributed by atoms with van der Waals surface area (Å²) in [4.78, 5) is 11.7. The minimum Gasteiger partial charge on any atom is -0.391 e. The van der Waals surface area contributed by atoms with Crippen molar-refractivity contribution >= 4 is 16.9 Å². The quantitative estimate of drug-likeness (QED) is 0.750. The Morgan fingerprint density at radius 1 is 1.27 bits per heavy atom. The van der Waals surface area contributed by atoms with Gasteiger partial charge < -0.3 is 10.0 Å². The van der Waals surface area contributed by atoms with Gasteiger partial charge in [-0.1, -0.05) is 31.1 Å². The second kappa shape index (κ2) is 6.01. The molecule has 4 heterocycles. The van der Waals surface area contributed by atoms with Crippen LogP contribution in [-0.2, 0) is 12.0 Å². The average molecular weight is 357 g/mol. The molecule has 0 radical (unpaired) electrons. The molecule has 3 aromatic heterocycles. The van der Waals surface area contributed by atoms with Crippen molar-refractivity contribution in [3.8, 4) is 0 Å². The van der Waals surface area contributed by atoms with E-state index in [1.165, 1.54) is 0 Å². The lowest BCUT2D eigenvalue weighted by Gasteiger charge is -2.22. The summed E-state index contributed by atoms with van der Waals surface area (Å²) in [5.74, 6) is 1.58. The Bertz CT molecular complexity index is 940. The topological polar surface area (TPSA) is 106 Å². The fourth-order valence-electron chi connectivity index (χ4n) is 3.10. The highest BCUT2D eigenvalue weighted by Crippen LogP contribution is 2.30. The third kappa shape index (κ3) is 2.92. The van der Waals surface area contributed by atoms with Crippen LogP contribution in [0.3, 0.4) is 0 Å². The van der Waals surface area contributed by atoms with Crippen molar-refractivity contribution in [1.29, 1.82) is 0 Å². The Hall–Kier alpha value is -2.55. The fourth-order valence-corrected chi connectivity index (χ4v) is 3.10. The zero-order valence-corrected chi connectivity index (χ0v) is 15.5. The Labute approximate surface area is 151 Å². The highest BCUT2D eigenvalue weighted by molar-refractivity contribution is 5.87. The van der Waals surface area contributed by atoms with Crippen LogP contribution in [0.5, 0.6) is 0 Å². The monoisotopic (exact) mass is 357 g/mol. The van der Waals surface area contributed by atoms with Gasteiger partial charge in [0.1, 0.15) is 23.0 Å². The Kier molecular flexibility index (Phi) is 3.91. The maximum absolute atomic E-state index is 9.94. The molecule has 1 N–H and O–H groups in total. The molecular weight excluding hydrogens is 334 g/mol. The zero-order chi connectivity index (χ0) is 18.5. The van der Waals surface area contributed by atoms with Gasteiger partial charge >= 0.3 is 0 Å². The van der Waals surface area contributed by atoms with Crippen LogP contribution in [0.1, 0.15) is 44.4 Å². The molecule has 0 aromatic carbocycles. The number of anilines is 1. The maximum atomic E-state index is 9.94. The zero-order valence-electron chi connectivity index (χ0n) is 15.5. The predicted octanol–water partition coefficient (Wildman–Crippen LogP) is 1.43. The summed E-state index contributed by atoms with van der Waals surface area (Å²) in [7, 11) is 0. The third-order valence-corrected chi connectivity index (χ3v) is 4.66. The van der Waals surface area contributed by atoms with Crippen LogP contribution in [-0.4, -0.2) is 54.4 Å². The molecule has 138 valence electrons. The highest BCUT2D eigenvalue weighted by Gasteiger charge is 2.28. The number of aryl methyl sites for hydroxylation is 1. The van der Waals surface area contributed by atoms with Crippen molar-refractivity contribution in [2.75, 3.05) is 18.0 Å². The predicted molar refractivity (Wildman–Crippen MR) is 95.0 cm³/mol.